The van der Waals surface area contributed by atoms with Crippen molar-refractivity contribution < 1.29 is 26.3 Å². The SMILES string of the molecule is CC(Pc1cc(C(F)(F)F)cc(C(F)(F)F)c1)C1C=CC=C1[Si](c1ccccc1)(c1ccccc1)c1ccccc1. The predicted octanol–water partition coefficient (Wildman–Crippen LogP) is 7.24. The van der Waals surface area contributed by atoms with E-state index in [0.717, 1.165) is 32.9 Å². The highest BCUT2D eigenvalue weighted by atomic mass is 31.1. The Morgan fingerprint density at radius 1 is 0.634 bits per heavy atom. The zero-order valence-electron chi connectivity index (χ0n) is 22.0. The standard InChI is InChI=1S/C33H27F6PSi/c1-23(40-26-21-24(32(34,35)36)20-25(22-26)33(37,38)39)30-18-11-19-31(30)41(27-12-5-2-6-13-27,28-14-7-3-8-15-28)29-16-9-4-10-17-29/h2-23,30,40H,1H3. The number of rotatable bonds is 7. The summed E-state index contributed by atoms with van der Waals surface area (Å²) in [6.07, 6.45) is -3.62. The van der Waals surface area contributed by atoms with E-state index in [1.807, 2.05) is 73.7 Å². The first-order valence-corrected chi connectivity index (χ1v) is 16.2. The topological polar surface area (TPSA) is 0 Å². The van der Waals surface area contributed by atoms with Crippen molar-refractivity contribution in [2.75, 3.05) is 0 Å². The Balaban J connectivity index is 1.63. The summed E-state index contributed by atoms with van der Waals surface area (Å²) in [5, 5.41) is 4.68. The molecule has 1 aliphatic carbocycles. The Morgan fingerprint density at radius 2 is 1.05 bits per heavy atom. The highest BCUT2D eigenvalue weighted by molar-refractivity contribution is 7.48. The van der Waals surface area contributed by atoms with Crippen LogP contribution in [-0.2, 0) is 12.4 Å². The molecule has 0 amide bonds. The van der Waals surface area contributed by atoms with Crippen molar-refractivity contribution in [3.63, 3.8) is 0 Å². The van der Waals surface area contributed by atoms with Crippen molar-refractivity contribution in [1.82, 2.24) is 0 Å². The van der Waals surface area contributed by atoms with Gasteiger partial charge in [-0.05, 0) is 44.7 Å². The zero-order valence-corrected chi connectivity index (χ0v) is 24.0. The fraction of sp³-hybridized carbons (Fsp3) is 0.152. The lowest BCUT2D eigenvalue weighted by Gasteiger charge is -2.39. The van der Waals surface area contributed by atoms with Gasteiger partial charge in [-0.1, -0.05) is 130 Å². The molecule has 0 saturated carbocycles. The lowest BCUT2D eigenvalue weighted by molar-refractivity contribution is -0.142. The average Bonchev–Trinajstić information content (AvgIpc) is 3.45. The lowest BCUT2D eigenvalue weighted by Crippen LogP contribution is -2.69. The molecule has 0 N–H and O–H groups in total. The molecule has 0 saturated heterocycles. The summed E-state index contributed by atoms with van der Waals surface area (Å²) in [5.41, 5.74) is -2.80. The summed E-state index contributed by atoms with van der Waals surface area (Å²) in [7, 11) is -3.14. The molecule has 0 radical (unpaired) electrons. The third kappa shape index (κ3) is 5.84. The van der Waals surface area contributed by atoms with E-state index in [0.29, 0.717) is 0 Å². The third-order valence-corrected chi connectivity index (χ3v) is 13.9. The molecule has 0 nitrogen and oxygen atoms in total. The van der Waals surface area contributed by atoms with Gasteiger partial charge in [0.15, 0.2) is 8.07 Å². The van der Waals surface area contributed by atoms with Crippen LogP contribution in [0.25, 0.3) is 0 Å². The van der Waals surface area contributed by atoms with Gasteiger partial charge in [0.25, 0.3) is 0 Å². The van der Waals surface area contributed by atoms with Crippen molar-refractivity contribution in [3.05, 3.63) is 144 Å². The number of halogens is 6. The van der Waals surface area contributed by atoms with Crippen LogP contribution in [0.2, 0.25) is 0 Å². The summed E-state index contributed by atoms with van der Waals surface area (Å²) in [6.45, 7) is 1.92. The van der Waals surface area contributed by atoms with Gasteiger partial charge in [-0.15, -0.1) is 0 Å². The van der Waals surface area contributed by atoms with Crippen molar-refractivity contribution in [3.8, 4) is 0 Å². The fourth-order valence-electron chi connectivity index (χ4n) is 5.76. The predicted molar refractivity (Wildman–Crippen MR) is 159 cm³/mol. The molecule has 3 unspecified atom stereocenters. The number of allylic oxidation sites excluding steroid dienone is 4. The van der Waals surface area contributed by atoms with Gasteiger partial charge in [-0.3, -0.25) is 0 Å². The quantitative estimate of drug-likeness (QED) is 0.0914. The van der Waals surface area contributed by atoms with E-state index in [1.165, 1.54) is 0 Å². The number of hydrogen-bond donors (Lipinski definition) is 0. The molecule has 0 spiro atoms. The first-order chi connectivity index (χ1) is 19.5. The highest BCUT2D eigenvalue weighted by Gasteiger charge is 2.47. The van der Waals surface area contributed by atoms with E-state index < -0.39 is 31.6 Å². The van der Waals surface area contributed by atoms with E-state index in [2.05, 4.69) is 42.5 Å². The largest absolute Gasteiger partial charge is 0.416 e. The molecule has 0 fully saturated rings. The fourth-order valence-corrected chi connectivity index (χ4v) is 12.7. The van der Waals surface area contributed by atoms with E-state index in [4.69, 9.17) is 0 Å². The monoisotopic (exact) mass is 596 g/mol. The zero-order chi connectivity index (χ0) is 29.3. The van der Waals surface area contributed by atoms with Crippen LogP contribution in [0.15, 0.2) is 133 Å². The first kappa shape index (κ1) is 29.1. The Morgan fingerprint density at radius 3 is 1.44 bits per heavy atom. The van der Waals surface area contributed by atoms with E-state index in [-0.39, 0.29) is 31.5 Å². The van der Waals surface area contributed by atoms with Crippen LogP contribution in [0.5, 0.6) is 0 Å². The molecule has 1 aliphatic rings. The minimum atomic E-state index is -4.88. The average molecular weight is 597 g/mol. The Bertz CT molecular complexity index is 1410. The molecule has 3 atom stereocenters. The Hall–Kier alpha value is -3.41. The van der Waals surface area contributed by atoms with Gasteiger partial charge in [0.2, 0.25) is 0 Å². The highest BCUT2D eigenvalue weighted by Crippen LogP contribution is 2.40. The maximum Gasteiger partial charge on any atom is 0.416 e. The third-order valence-electron chi connectivity index (χ3n) is 7.53. The molecule has 0 aliphatic heterocycles. The van der Waals surface area contributed by atoms with Crippen LogP contribution in [0.4, 0.5) is 26.3 Å². The maximum atomic E-state index is 13.6. The van der Waals surface area contributed by atoms with Crippen LogP contribution in [0, 0.1) is 5.92 Å². The number of alkyl halides is 6. The second kappa shape index (κ2) is 11.5. The van der Waals surface area contributed by atoms with Crippen molar-refractivity contribution >= 4 is 37.5 Å². The Kier molecular flexibility index (Phi) is 8.13. The molecule has 4 aromatic carbocycles. The van der Waals surface area contributed by atoms with Crippen LogP contribution >= 0.6 is 8.58 Å². The molecule has 8 heteroatoms. The van der Waals surface area contributed by atoms with Gasteiger partial charge in [0, 0.05) is 5.92 Å². The van der Waals surface area contributed by atoms with Crippen LogP contribution in [0.1, 0.15) is 18.1 Å². The van der Waals surface area contributed by atoms with E-state index in [9.17, 15) is 26.3 Å². The summed E-state index contributed by atoms with van der Waals surface area (Å²) in [5.74, 6) is -0.176. The van der Waals surface area contributed by atoms with Crippen LogP contribution in [0.3, 0.4) is 0 Å². The minimum absolute atomic E-state index is 0.0469. The molecule has 0 aromatic heterocycles. The van der Waals surface area contributed by atoms with Crippen LogP contribution < -0.4 is 20.9 Å². The Labute approximate surface area is 238 Å². The van der Waals surface area contributed by atoms with Crippen molar-refractivity contribution in [2.24, 2.45) is 5.92 Å². The van der Waals surface area contributed by atoms with E-state index >= 15 is 0 Å². The van der Waals surface area contributed by atoms with E-state index in [1.54, 1.807) is 0 Å². The molecule has 0 bridgehead atoms. The summed E-state index contributed by atoms with van der Waals surface area (Å²) >= 11 is 0. The second-order valence-corrected chi connectivity index (χ2v) is 15.7. The van der Waals surface area contributed by atoms with Gasteiger partial charge >= 0.3 is 12.4 Å². The molecule has 210 valence electrons. The first-order valence-electron chi connectivity index (χ1n) is 13.1. The summed E-state index contributed by atoms with van der Waals surface area (Å²) < 4.78 is 81.5. The van der Waals surface area contributed by atoms with Crippen molar-refractivity contribution in [1.29, 1.82) is 0 Å². The lowest BCUT2D eigenvalue weighted by atomic mass is 10.1. The van der Waals surface area contributed by atoms with Gasteiger partial charge < -0.3 is 0 Å². The number of hydrogen-bond acceptors (Lipinski definition) is 0. The number of benzene rings is 4. The van der Waals surface area contributed by atoms with Gasteiger partial charge in [0.05, 0.1) is 11.1 Å². The minimum Gasteiger partial charge on any atom is -0.166 e. The molecule has 4 aromatic rings. The van der Waals surface area contributed by atoms with Crippen molar-refractivity contribution in [2.45, 2.75) is 24.9 Å². The maximum absolute atomic E-state index is 13.6. The smallest absolute Gasteiger partial charge is 0.166 e. The molecule has 41 heavy (non-hydrogen) atoms. The summed E-state index contributed by atoms with van der Waals surface area (Å²) in [4.78, 5) is 0. The van der Waals surface area contributed by atoms with Gasteiger partial charge in [-0.2, -0.15) is 26.3 Å². The van der Waals surface area contributed by atoms with Gasteiger partial charge in [-0.25, -0.2) is 0 Å². The van der Waals surface area contributed by atoms with Gasteiger partial charge in [0.1, 0.15) is 0 Å². The normalized spacial score (nSPS) is 16.8. The molecule has 5 rings (SSSR count). The molecular weight excluding hydrogens is 569 g/mol. The van der Waals surface area contributed by atoms with Crippen LogP contribution in [-0.4, -0.2) is 13.7 Å². The molecular formula is C33H27F6PSi. The second-order valence-electron chi connectivity index (χ2n) is 10.1. The summed E-state index contributed by atoms with van der Waals surface area (Å²) in [6, 6.07) is 32.6. The molecule has 0 heterocycles.